The van der Waals surface area contributed by atoms with Gasteiger partial charge >= 0.3 is 0 Å². The second-order valence-corrected chi connectivity index (χ2v) is 3.71. The molecule has 0 heterocycles. The minimum Gasteiger partial charge on any atom is -0.395 e. The highest BCUT2D eigenvalue weighted by molar-refractivity contribution is 5.34. The van der Waals surface area contributed by atoms with Crippen molar-refractivity contribution in [3.63, 3.8) is 0 Å². The van der Waals surface area contributed by atoms with Crippen LogP contribution in [0, 0.1) is 11.3 Å². The van der Waals surface area contributed by atoms with Crippen LogP contribution in [0.5, 0.6) is 0 Å². The Morgan fingerprint density at radius 2 is 2.20 bits per heavy atom. The first-order valence-corrected chi connectivity index (χ1v) is 5.04. The highest BCUT2D eigenvalue weighted by Gasteiger charge is 2.08. The van der Waals surface area contributed by atoms with Gasteiger partial charge in [-0.25, -0.2) is 0 Å². The SMILES string of the molecule is C[C@H](N[C@@H](C)CO)c1cccc(C#N)c1. The number of nitriles is 1. The first-order chi connectivity index (χ1) is 7.17. The van der Waals surface area contributed by atoms with Crippen molar-refractivity contribution in [2.24, 2.45) is 0 Å². The molecule has 0 unspecified atom stereocenters. The van der Waals surface area contributed by atoms with Crippen molar-refractivity contribution >= 4 is 0 Å². The van der Waals surface area contributed by atoms with Gasteiger partial charge in [0.25, 0.3) is 0 Å². The zero-order valence-corrected chi connectivity index (χ0v) is 9.07. The zero-order valence-electron chi connectivity index (χ0n) is 9.07. The Balaban J connectivity index is 2.73. The maximum absolute atomic E-state index is 8.92. The fourth-order valence-corrected chi connectivity index (χ4v) is 1.45. The lowest BCUT2D eigenvalue weighted by molar-refractivity contribution is 0.243. The number of rotatable bonds is 4. The molecular formula is C12H16N2O. The predicted octanol–water partition coefficient (Wildman–Crippen LogP) is 1.59. The van der Waals surface area contributed by atoms with Crippen LogP contribution in [-0.2, 0) is 0 Å². The third-order valence-corrected chi connectivity index (χ3v) is 2.32. The molecule has 1 rings (SSSR count). The summed E-state index contributed by atoms with van der Waals surface area (Å²) in [6, 6.07) is 9.80. The third kappa shape index (κ3) is 3.35. The van der Waals surface area contributed by atoms with Gasteiger partial charge in [-0.15, -0.1) is 0 Å². The van der Waals surface area contributed by atoms with E-state index in [0.29, 0.717) is 5.56 Å². The minimum atomic E-state index is 0.0609. The van der Waals surface area contributed by atoms with Crippen molar-refractivity contribution in [3.05, 3.63) is 35.4 Å². The van der Waals surface area contributed by atoms with Gasteiger partial charge in [0.05, 0.1) is 18.2 Å². The number of hydrogen-bond donors (Lipinski definition) is 2. The molecule has 15 heavy (non-hydrogen) atoms. The van der Waals surface area contributed by atoms with Gasteiger partial charge in [-0.3, -0.25) is 0 Å². The van der Waals surface area contributed by atoms with Gasteiger partial charge in [0.15, 0.2) is 0 Å². The van der Waals surface area contributed by atoms with Crippen molar-refractivity contribution in [1.82, 2.24) is 5.32 Å². The second-order valence-electron chi connectivity index (χ2n) is 3.71. The molecule has 1 aromatic carbocycles. The van der Waals surface area contributed by atoms with E-state index in [1.807, 2.05) is 32.0 Å². The van der Waals surface area contributed by atoms with Gasteiger partial charge in [0.2, 0.25) is 0 Å². The van der Waals surface area contributed by atoms with Gasteiger partial charge in [-0.05, 0) is 31.5 Å². The van der Waals surface area contributed by atoms with Crippen LogP contribution in [0.25, 0.3) is 0 Å². The van der Waals surface area contributed by atoms with E-state index in [4.69, 9.17) is 10.4 Å². The number of aliphatic hydroxyl groups excluding tert-OH is 1. The van der Waals surface area contributed by atoms with Crippen LogP contribution in [0.15, 0.2) is 24.3 Å². The smallest absolute Gasteiger partial charge is 0.0991 e. The molecule has 0 radical (unpaired) electrons. The quantitative estimate of drug-likeness (QED) is 0.783. The molecule has 1 aromatic rings. The molecule has 3 nitrogen and oxygen atoms in total. The highest BCUT2D eigenvalue weighted by Crippen LogP contribution is 2.14. The third-order valence-electron chi connectivity index (χ3n) is 2.32. The predicted molar refractivity (Wildman–Crippen MR) is 59.3 cm³/mol. The summed E-state index contributed by atoms with van der Waals surface area (Å²) in [5, 5.41) is 20.9. The first-order valence-electron chi connectivity index (χ1n) is 5.04. The lowest BCUT2D eigenvalue weighted by atomic mass is 10.1. The number of nitrogens with zero attached hydrogens (tertiary/aromatic N) is 1. The van der Waals surface area contributed by atoms with Crippen LogP contribution in [-0.4, -0.2) is 17.8 Å². The summed E-state index contributed by atoms with van der Waals surface area (Å²) in [6.07, 6.45) is 0. The molecule has 0 aromatic heterocycles. The lowest BCUT2D eigenvalue weighted by Gasteiger charge is -2.18. The van der Waals surface area contributed by atoms with Crippen molar-refractivity contribution in [1.29, 1.82) is 5.26 Å². The van der Waals surface area contributed by atoms with Crippen LogP contribution in [0.2, 0.25) is 0 Å². The van der Waals surface area contributed by atoms with E-state index >= 15 is 0 Å². The molecule has 0 spiro atoms. The van der Waals surface area contributed by atoms with Crippen LogP contribution in [0.1, 0.15) is 31.0 Å². The van der Waals surface area contributed by atoms with E-state index in [1.54, 1.807) is 6.07 Å². The van der Waals surface area contributed by atoms with Gasteiger partial charge < -0.3 is 10.4 Å². The zero-order chi connectivity index (χ0) is 11.3. The monoisotopic (exact) mass is 204 g/mol. The normalized spacial score (nSPS) is 14.3. The summed E-state index contributed by atoms with van der Waals surface area (Å²) < 4.78 is 0. The largest absolute Gasteiger partial charge is 0.395 e. The maximum atomic E-state index is 8.92. The molecule has 0 fully saturated rings. The van der Waals surface area contributed by atoms with Gasteiger partial charge in [0.1, 0.15) is 0 Å². The Labute approximate surface area is 90.4 Å². The summed E-state index contributed by atoms with van der Waals surface area (Å²) in [5.41, 5.74) is 1.73. The van der Waals surface area contributed by atoms with Crippen LogP contribution in [0.3, 0.4) is 0 Å². The molecular weight excluding hydrogens is 188 g/mol. The molecule has 2 N–H and O–H groups in total. The number of hydrogen-bond acceptors (Lipinski definition) is 3. The average Bonchev–Trinajstić information content (AvgIpc) is 2.28. The number of aliphatic hydroxyl groups is 1. The summed E-state index contributed by atoms with van der Waals surface area (Å²) in [7, 11) is 0. The van der Waals surface area contributed by atoms with Gasteiger partial charge in [-0.2, -0.15) is 5.26 Å². The topological polar surface area (TPSA) is 56.0 Å². The minimum absolute atomic E-state index is 0.0609. The molecule has 0 saturated carbocycles. The van der Waals surface area contributed by atoms with Crippen molar-refractivity contribution in [2.45, 2.75) is 25.9 Å². The number of benzene rings is 1. The van der Waals surface area contributed by atoms with Crippen molar-refractivity contribution in [2.75, 3.05) is 6.61 Å². The second kappa shape index (κ2) is 5.50. The van der Waals surface area contributed by atoms with Crippen molar-refractivity contribution in [3.8, 4) is 6.07 Å². The fraction of sp³-hybridized carbons (Fsp3) is 0.417. The molecule has 3 heteroatoms. The molecule has 2 atom stereocenters. The van der Waals surface area contributed by atoms with E-state index in [1.165, 1.54) is 0 Å². The van der Waals surface area contributed by atoms with E-state index in [0.717, 1.165) is 5.56 Å². The standard InChI is InChI=1S/C12H16N2O/c1-9(8-15)14-10(2)12-5-3-4-11(6-12)7-13/h3-6,9-10,14-15H,8H2,1-2H3/t9-,10-/m0/s1. The highest BCUT2D eigenvalue weighted by atomic mass is 16.3. The fourth-order valence-electron chi connectivity index (χ4n) is 1.45. The van der Waals surface area contributed by atoms with E-state index in [2.05, 4.69) is 11.4 Å². The summed E-state index contributed by atoms with van der Waals surface area (Å²) in [6.45, 7) is 4.05. The molecule has 0 aliphatic heterocycles. The summed E-state index contributed by atoms with van der Waals surface area (Å²) in [5.74, 6) is 0. The molecule has 0 aliphatic rings. The molecule has 0 aliphatic carbocycles. The Bertz CT molecular complexity index is 357. The Morgan fingerprint density at radius 3 is 2.80 bits per heavy atom. The van der Waals surface area contributed by atoms with Crippen LogP contribution < -0.4 is 5.32 Å². The Morgan fingerprint density at radius 1 is 1.47 bits per heavy atom. The maximum Gasteiger partial charge on any atom is 0.0991 e. The van der Waals surface area contributed by atoms with E-state index in [9.17, 15) is 0 Å². The number of nitrogens with one attached hydrogen (secondary N) is 1. The Hall–Kier alpha value is -1.37. The lowest BCUT2D eigenvalue weighted by Crippen LogP contribution is -2.31. The van der Waals surface area contributed by atoms with E-state index < -0.39 is 0 Å². The van der Waals surface area contributed by atoms with Gasteiger partial charge in [0, 0.05) is 12.1 Å². The Kier molecular flexibility index (Phi) is 4.29. The first kappa shape index (κ1) is 11.7. The molecule has 0 saturated heterocycles. The van der Waals surface area contributed by atoms with Crippen molar-refractivity contribution < 1.29 is 5.11 Å². The van der Waals surface area contributed by atoms with Crippen LogP contribution >= 0.6 is 0 Å². The summed E-state index contributed by atoms with van der Waals surface area (Å²) in [4.78, 5) is 0. The van der Waals surface area contributed by atoms with Crippen LogP contribution in [0.4, 0.5) is 0 Å². The molecule has 0 bridgehead atoms. The molecule has 0 amide bonds. The van der Waals surface area contributed by atoms with E-state index in [-0.39, 0.29) is 18.7 Å². The van der Waals surface area contributed by atoms with Gasteiger partial charge in [-0.1, -0.05) is 12.1 Å². The summed E-state index contributed by atoms with van der Waals surface area (Å²) >= 11 is 0. The average molecular weight is 204 g/mol. The molecule has 80 valence electrons.